The second-order valence-electron chi connectivity index (χ2n) is 5.57. The Hall–Kier alpha value is -1.84. The van der Waals surface area contributed by atoms with Gasteiger partial charge in [-0.2, -0.15) is 0 Å². The maximum atomic E-state index is 10.1. The van der Waals surface area contributed by atoms with Gasteiger partial charge >= 0.3 is 0 Å². The number of hydrogen-bond donors (Lipinski definition) is 2. The molecule has 2 rings (SSSR count). The molecule has 0 saturated heterocycles. The summed E-state index contributed by atoms with van der Waals surface area (Å²) in [6.07, 6.45) is -0.689. The van der Waals surface area contributed by atoms with Crippen LogP contribution < -0.4 is 10.5 Å². The van der Waals surface area contributed by atoms with Crippen molar-refractivity contribution >= 4 is 0 Å². The summed E-state index contributed by atoms with van der Waals surface area (Å²) in [6.45, 7) is 4.14. The van der Waals surface area contributed by atoms with E-state index in [0.717, 1.165) is 16.9 Å². The topological polar surface area (TPSA) is 55.5 Å². The van der Waals surface area contributed by atoms with Crippen molar-refractivity contribution < 1.29 is 9.84 Å². The van der Waals surface area contributed by atoms with E-state index in [1.54, 1.807) is 13.8 Å². The number of rotatable bonds is 5. The largest absolute Gasteiger partial charge is 0.489 e. The van der Waals surface area contributed by atoms with Crippen LogP contribution in [-0.2, 0) is 6.61 Å². The standard InChI is InChI=1S/C17H21NO2/c1-17(2,18)16(19)14-8-10-15(11-9-14)20-12-13-6-4-3-5-7-13/h3-11,16,19H,12,18H2,1-2H3. The molecule has 106 valence electrons. The van der Waals surface area contributed by atoms with Crippen LogP contribution in [0.25, 0.3) is 0 Å². The van der Waals surface area contributed by atoms with Crippen LogP contribution >= 0.6 is 0 Å². The maximum absolute atomic E-state index is 10.1. The molecule has 0 aromatic heterocycles. The van der Waals surface area contributed by atoms with Gasteiger partial charge in [-0.1, -0.05) is 42.5 Å². The molecule has 0 spiro atoms. The maximum Gasteiger partial charge on any atom is 0.119 e. The summed E-state index contributed by atoms with van der Waals surface area (Å²) in [4.78, 5) is 0. The Morgan fingerprint density at radius 3 is 2.20 bits per heavy atom. The summed E-state index contributed by atoms with van der Waals surface area (Å²) < 4.78 is 5.70. The highest BCUT2D eigenvalue weighted by molar-refractivity contribution is 5.30. The van der Waals surface area contributed by atoms with E-state index in [1.165, 1.54) is 0 Å². The van der Waals surface area contributed by atoms with Gasteiger partial charge in [-0.25, -0.2) is 0 Å². The molecular formula is C17H21NO2. The van der Waals surface area contributed by atoms with Gasteiger partial charge in [0.05, 0.1) is 6.10 Å². The third-order valence-electron chi connectivity index (χ3n) is 3.15. The number of hydrogen-bond acceptors (Lipinski definition) is 3. The predicted molar refractivity (Wildman–Crippen MR) is 80.4 cm³/mol. The number of nitrogens with two attached hydrogens (primary N) is 1. The molecule has 0 heterocycles. The Labute approximate surface area is 120 Å². The van der Waals surface area contributed by atoms with Crippen molar-refractivity contribution in [2.45, 2.75) is 32.1 Å². The van der Waals surface area contributed by atoms with Gasteiger partial charge in [0.2, 0.25) is 0 Å². The van der Waals surface area contributed by atoms with Gasteiger partial charge in [-0.05, 0) is 37.1 Å². The Kier molecular flexibility index (Phi) is 4.42. The normalized spacial score (nSPS) is 13.0. The molecule has 3 N–H and O–H groups in total. The molecular weight excluding hydrogens is 250 g/mol. The molecule has 1 atom stereocenters. The Bertz CT molecular complexity index is 529. The SMILES string of the molecule is CC(C)(N)C(O)c1ccc(OCc2ccccc2)cc1. The van der Waals surface area contributed by atoms with Crippen LogP contribution in [0.15, 0.2) is 54.6 Å². The smallest absolute Gasteiger partial charge is 0.119 e. The highest BCUT2D eigenvalue weighted by atomic mass is 16.5. The molecule has 0 saturated carbocycles. The molecule has 0 bridgehead atoms. The fourth-order valence-electron chi connectivity index (χ4n) is 1.92. The van der Waals surface area contributed by atoms with Crippen molar-refractivity contribution in [3.8, 4) is 5.75 Å². The first-order valence-corrected chi connectivity index (χ1v) is 6.70. The molecule has 0 aliphatic rings. The monoisotopic (exact) mass is 271 g/mol. The number of benzene rings is 2. The molecule has 3 nitrogen and oxygen atoms in total. The van der Waals surface area contributed by atoms with E-state index in [9.17, 15) is 5.11 Å². The van der Waals surface area contributed by atoms with Crippen molar-refractivity contribution in [2.75, 3.05) is 0 Å². The number of aliphatic hydroxyl groups is 1. The lowest BCUT2D eigenvalue weighted by Gasteiger charge is -2.26. The number of aliphatic hydroxyl groups excluding tert-OH is 1. The first kappa shape index (κ1) is 14.6. The fraction of sp³-hybridized carbons (Fsp3) is 0.294. The van der Waals surface area contributed by atoms with E-state index < -0.39 is 11.6 Å². The highest BCUT2D eigenvalue weighted by Crippen LogP contribution is 2.25. The summed E-state index contributed by atoms with van der Waals surface area (Å²) >= 11 is 0. The van der Waals surface area contributed by atoms with E-state index in [2.05, 4.69) is 0 Å². The highest BCUT2D eigenvalue weighted by Gasteiger charge is 2.24. The second-order valence-corrected chi connectivity index (χ2v) is 5.57. The van der Waals surface area contributed by atoms with Crippen molar-refractivity contribution in [3.63, 3.8) is 0 Å². The molecule has 0 aliphatic heterocycles. The summed E-state index contributed by atoms with van der Waals surface area (Å²) in [5.74, 6) is 0.777. The zero-order chi connectivity index (χ0) is 14.6. The summed E-state index contributed by atoms with van der Waals surface area (Å²) in [5.41, 5.74) is 7.16. The van der Waals surface area contributed by atoms with Gasteiger partial charge in [0.1, 0.15) is 12.4 Å². The van der Waals surface area contributed by atoms with Gasteiger partial charge in [0, 0.05) is 5.54 Å². The summed E-state index contributed by atoms with van der Waals surface area (Å²) in [6, 6.07) is 17.4. The molecule has 0 aliphatic carbocycles. The number of ether oxygens (including phenoxy) is 1. The molecule has 20 heavy (non-hydrogen) atoms. The third kappa shape index (κ3) is 3.83. The average Bonchev–Trinajstić information content (AvgIpc) is 2.45. The van der Waals surface area contributed by atoms with Crippen LogP contribution in [-0.4, -0.2) is 10.6 Å². The molecule has 0 radical (unpaired) electrons. The van der Waals surface area contributed by atoms with E-state index >= 15 is 0 Å². The zero-order valence-electron chi connectivity index (χ0n) is 11.9. The molecule has 2 aromatic rings. The van der Waals surface area contributed by atoms with E-state index in [-0.39, 0.29) is 0 Å². The Morgan fingerprint density at radius 1 is 1.05 bits per heavy atom. The predicted octanol–water partition coefficient (Wildman–Crippen LogP) is 3.04. The quantitative estimate of drug-likeness (QED) is 0.879. The molecule has 0 amide bonds. The van der Waals surface area contributed by atoms with Crippen molar-refractivity contribution in [2.24, 2.45) is 5.73 Å². The molecule has 2 aromatic carbocycles. The minimum Gasteiger partial charge on any atom is -0.489 e. The second kappa shape index (κ2) is 6.07. The van der Waals surface area contributed by atoms with Crippen LogP contribution in [0.3, 0.4) is 0 Å². The first-order chi connectivity index (χ1) is 9.47. The van der Waals surface area contributed by atoms with Gasteiger partial charge in [0.15, 0.2) is 0 Å². The van der Waals surface area contributed by atoms with Gasteiger partial charge < -0.3 is 15.6 Å². The van der Waals surface area contributed by atoms with Crippen molar-refractivity contribution in [1.82, 2.24) is 0 Å². The third-order valence-corrected chi connectivity index (χ3v) is 3.15. The van der Waals surface area contributed by atoms with Crippen LogP contribution in [0, 0.1) is 0 Å². The van der Waals surface area contributed by atoms with Crippen LogP contribution in [0.1, 0.15) is 31.1 Å². The van der Waals surface area contributed by atoms with E-state index in [0.29, 0.717) is 6.61 Å². The fourth-order valence-corrected chi connectivity index (χ4v) is 1.92. The van der Waals surface area contributed by atoms with E-state index in [1.807, 2.05) is 54.6 Å². The lowest BCUT2D eigenvalue weighted by molar-refractivity contribution is 0.104. The Morgan fingerprint density at radius 2 is 1.65 bits per heavy atom. The lowest BCUT2D eigenvalue weighted by atomic mass is 9.92. The minimum atomic E-state index is -0.689. The average molecular weight is 271 g/mol. The lowest BCUT2D eigenvalue weighted by Crippen LogP contribution is -2.39. The Balaban J connectivity index is 1.98. The van der Waals surface area contributed by atoms with E-state index in [4.69, 9.17) is 10.5 Å². The molecule has 1 unspecified atom stereocenters. The molecule has 0 fully saturated rings. The first-order valence-electron chi connectivity index (χ1n) is 6.70. The zero-order valence-corrected chi connectivity index (χ0v) is 11.9. The minimum absolute atomic E-state index is 0.533. The van der Waals surface area contributed by atoms with Crippen LogP contribution in [0.5, 0.6) is 5.75 Å². The summed E-state index contributed by atoms with van der Waals surface area (Å²) in [5, 5.41) is 10.1. The van der Waals surface area contributed by atoms with Crippen LogP contribution in [0.4, 0.5) is 0 Å². The van der Waals surface area contributed by atoms with Gasteiger partial charge in [-0.15, -0.1) is 0 Å². The molecule has 3 heteroatoms. The van der Waals surface area contributed by atoms with Crippen molar-refractivity contribution in [1.29, 1.82) is 0 Å². The van der Waals surface area contributed by atoms with Gasteiger partial charge in [0.25, 0.3) is 0 Å². The van der Waals surface area contributed by atoms with Gasteiger partial charge in [-0.3, -0.25) is 0 Å². The van der Waals surface area contributed by atoms with Crippen molar-refractivity contribution in [3.05, 3.63) is 65.7 Å². The van der Waals surface area contributed by atoms with Crippen LogP contribution in [0.2, 0.25) is 0 Å². The summed E-state index contributed by atoms with van der Waals surface area (Å²) in [7, 11) is 0.